The van der Waals surface area contributed by atoms with Crippen molar-refractivity contribution in [3.63, 3.8) is 0 Å². The first-order valence-corrected chi connectivity index (χ1v) is 11.9. The van der Waals surface area contributed by atoms with Gasteiger partial charge in [0.15, 0.2) is 23.1 Å². The highest BCUT2D eigenvalue weighted by molar-refractivity contribution is 6.09. The standard InChI is InChI=1S/C26H26F4N4O2/c1-2-3-11-34(26(36)16-8-10-19(28)21(30)13-16)24-23(33-12-5-4-6-22(33)32-24)25(35)31-15-17-7-9-18(27)14-20(17)29/h7-10,13-14H,2-6,11-12,15H2,1H3,(H,31,35). The van der Waals surface area contributed by atoms with E-state index in [1.807, 2.05) is 6.92 Å². The van der Waals surface area contributed by atoms with Crippen LogP contribution in [0.4, 0.5) is 23.4 Å². The number of unbranched alkanes of at least 4 members (excludes halogenated alkanes) is 1. The van der Waals surface area contributed by atoms with Gasteiger partial charge in [-0.2, -0.15) is 0 Å². The average molecular weight is 503 g/mol. The largest absolute Gasteiger partial charge is 0.346 e. The van der Waals surface area contributed by atoms with E-state index in [9.17, 15) is 27.2 Å². The molecule has 0 saturated carbocycles. The second-order valence-corrected chi connectivity index (χ2v) is 8.67. The molecule has 0 unspecified atom stereocenters. The van der Waals surface area contributed by atoms with Crippen LogP contribution in [0.25, 0.3) is 0 Å². The van der Waals surface area contributed by atoms with Crippen molar-refractivity contribution < 1.29 is 27.2 Å². The Labute approximate surface area is 205 Å². The van der Waals surface area contributed by atoms with E-state index >= 15 is 0 Å². The first-order valence-electron chi connectivity index (χ1n) is 11.9. The maximum atomic E-state index is 14.1. The van der Waals surface area contributed by atoms with Gasteiger partial charge in [0.1, 0.15) is 17.5 Å². The predicted octanol–water partition coefficient (Wildman–Crippen LogP) is 5.15. The van der Waals surface area contributed by atoms with E-state index in [1.54, 1.807) is 4.57 Å². The molecule has 0 spiro atoms. The van der Waals surface area contributed by atoms with Gasteiger partial charge in [0.25, 0.3) is 11.8 Å². The fourth-order valence-corrected chi connectivity index (χ4v) is 4.21. The zero-order chi connectivity index (χ0) is 25.8. The molecule has 2 aromatic carbocycles. The summed E-state index contributed by atoms with van der Waals surface area (Å²) in [5.74, 6) is -4.18. The molecule has 0 atom stereocenters. The summed E-state index contributed by atoms with van der Waals surface area (Å²) >= 11 is 0. The van der Waals surface area contributed by atoms with Crippen LogP contribution in [0.2, 0.25) is 0 Å². The van der Waals surface area contributed by atoms with E-state index in [1.165, 1.54) is 17.0 Å². The Morgan fingerprint density at radius 3 is 2.56 bits per heavy atom. The molecule has 36 heavy (non-hydrogen) atoms. The van der Waals surface area contributed by atoms with Gasteiger partial charge in [-0.05, 0) is 43.5 Å². The van der Waals surface area contributed by atoms with Crippen molar-refractivity contribution in [1.82, 2.24) is 14.9 Å². The molecule has 0 aliphatic carbocycles. The van der Waals surface area contributed by atoms with E-state index in [-0.39, 0.29) is 35.7 Å². The Bertz CT molecular complexity index is 1290. The number of amides is 2. The van der Waals surface area contributed by atoms with E-state index in [0.717, 1.165) is 43.5 Å². The van der Waals surface area contributed by atoms with Crippen molar-refractivity contribution in [3.8, 4) is 0 Å². The first-order chi connectivity index (χ1) is 17.3. The molecular weight excluding hydrogens is 476 g/mol. The lowest BCUT2D eigenvalue weighted by Gasteiger charge is -2.22. The SMILES string of the molecule is CCCCN(C(=O)c1ccc(F)c(F)c1)c1nc2n(c1C(=O)NCc1ccc(F)cc1F)CCCC2. The maximum absolute atomic E-state index is 14.1. The lowest BCUT2D eigenvalue weighted by Crippen LogP contribution is -2.35. The zero-order valence-corrected chi connectivity index (χ0v) is 19.8. The van der Waals surface area contributed by atoms with Crippen LogP contribution in [0.5, 0.6) is 0 Å². The Hall–Kier alpha value is -3.69. The number of carbonyl (C=O) groups is 2. The van der Waals surface area contributed by atoms with E-state index in [2.05, 4.69) is 10.3 Å². The van der Waals surface area contributed by atoms with Crippen LogP contribution in [-0.2, 0) is 19.5 Å². The highest BCUT2D eigenvalue weighted by atomic mass is 19.2. The van der Waals surface area contributed by atoms with Crippen LogP contribution >= 0.6 is 0 Å². The fourth-order valence-electron chi connectivity index (χ4n) is 4.21. The topological polar surface area (TPSA) is 67.2 Å². The highest BCUT2D eigenvalue weighted by Crippen LogP contribution is 2.28. The summed E-state index contributed by atoms with van der Waals surface area (Å²) in [4.78, 5) is 32.7. The number of nitrogens with one attached hydrogen (secondary N) is 1. The molecule has 3 aromatic rings. The third-order valence-electron chi connectivity index (χ3n) is 6.13. The molecule has 4 rings (SSSR count). The summed E-state index contributed by atoms with van der Waals surface area (Å²) in [6.07, 6.45) is 3.60. The van der Waals surface area contributed by atoms with E-state index < -0.39 is 35.1 Å². The summed E-state index contributed by atoms with van der Waals surface area (Å²) in [7, 11) is 0. The van der Waals surface area contributed by atoms with Gasteiger partial charge in [-0.25, -0.2) is 22.5 Å². The number of imidazole rings is 1. The number of benzene rings is 2. The number of hydrogen-bond donors (Lipinski definition) is 1. The number of carbonyl (C=O) groups excluding carboxylic acids is 2. The van der Waals surface area contributed by atoms with Gasteiger partial charge in [-0.15, -0.1) is 0 Å². The average Bonchev–Trinajstić information content (AvgIpc) is 3.24. The van der Waals surface area contributed by atoms with Crippen LogP contribution in [0, 0.1) is 23.3 Å². The van der Waals surface area contributed by atoms with Gasteiger partial charge in [0.05, 0.1) is 0 Å². The lowest BCUT2D eigenvalue weighted by molar-refractivity contribution is 0.0940. The zero-order valence-electron chi connectivity index (χ0n) is 19.8. The number of fused-ring (bicyclic) bond motifs is 1. The summed E-state index contributed by atoms with van der Waals surface area (Å²) in [5, 5.41) is 2.65. The van der Waals surface area contributed by atoms with Gasteiger partial charge in [-0.1, -0.05) is 19.4 Å². The van der Waals surface area contributed by atoms with Crippen molar-refractivity contribution in [2.24, 2.45) is 0 Å². The number of aryl methyl sites for hydroxylation is 1. The van der Waals surface area contributed by atoms with E-state index in [0.29, 0.717) is 25.2 Å². The number of anilines is 1. The van der Waals surface area contributed by atoms with Crippen LogP contribution < -0.4 is 10.2 Å². The summed E-state index contributed by atoms with van der Waals surface area (Å²) in [6, 6.07) is 5.97. The second kappa shape index (κ2) is 10.9. The maximum Gasteiger partial charge on any atom is 0.272 e. The van der Waals surface area contributed by atoms with Gasteiger partial charge in [0, 0.05) is 43.2 Å². The molecule has 190 valence electrons. The molecule has 1 aliphatic heterocycles. The van der Waals surface area contributed by atoms with Crippen LogP contribution in [0.3, 0.4) is 0 Å². The van der Waals surface area contributed by atoms with Gasteiger partial charge in [0.2, 0.25) is 0 Å². The number of rotatable bonds is 8. The van der Waals surface area contributed by atoms with Crippen molar-refractivity contribution >= 4 is 17.6 Å². The monoisotopic (exact) mass is 502 g/mol. The third kappa shape index (κ3) is 5.27. The molecule has 6 nitrogen and oxygen atoms in total. The minimum atomic E-state index is -1.15. The molecule has 1 aromatic heterocycles. The molecule has 0 fully saturated rings. The van der Waals surface area contributed by atoms with E-state index in [4.69, 9.17) is 0 Å². The van der Waals surface area contributed by atoms with Crippen molar-refractivity contribution in [3.05, 3.63) is 82.3 Å². The number of halogens is 4. The molecule has 2 amide bonds. The van der Waals surface area contributed by atoms with Crippen molar-refractivity contribution in [1.29, 1.82) is 0 Å². The lowest BCUT2D eigenvalue weighted by atomic mass is 10.1. The van der Waals surface area contributed by atoms with Crippen LogP contribution in [-0.4, -0.2) is 27.9 Å². The molecule has 0 saturated heterocycles. The Kier molecular flexibility index (Phi) is 7.71. The molecule has 1 N–H and O–H groups in total. The molecule has 2 heterocycles. The molecule has 1 aliphatic rings. The third-order valence-corrected chi connectivity index (χ3v) is 6.13. The minimum absolute atomic E-state index is 0.0734. The van der Waals surface area contributed by atoms with Gasteiger partial charge in [-0.3, -0.25) is 14.5 Å². The van der Waals surface area contributed by atoms with Gasteiger partial charge >= 0.3 is 0 Å². The predicted molar refractivity (Wildman–Crippen MR) is 126 cm³/mol. The van der Waals surface area contributed by atoms with Crippen LogP contribution in [0.15, 0.2) is 36.4 Å². The minimum Gasteiger partial charge on any atom is -0.346 e. The summed E-state index contributed by atoms with van der Waals surface area (Å²) in [6.45, 7) is 2.45. The smallest absolute Gasteiger partial charge is 0.272 e. The first kappa shape index (κ1) is 25.4. The van der Waals surface area contributed by atoms with Crippen molar-refractivity contribution in [2.75, 3.05) is 11.4 Å². The Balaban J connectivity index is 1.71. The van der Waals surface area contributed by atoms with Gasteiger partial charge < -0.3 is 9.88 Å². The molecule has 10 heteroatoms. The Morgan fingerprint density at radius 1 is 1.03 bits per heavy atom. The molecule has 0 bridgehead atoms. The quantitative estimate of drug-likeness (QED) is 0.433. The number of aromatic nitrogens is 2. The molecular formula is C26H26F4N4O2. The molecule has 0 radical (unpaired) electrons. The fraction of sp³-hybridized carbons (Fsp3) is 0.346. The number of hydrogen-bond acceptors (Lipinski definition) is 3. The highest BCUT2D eigenvalue weighted by Gasteiger charge is 2.31. The van der Waals surface area contributed by atoms with Crippen LogP contribution in [0.1, 0.15) is 64.8 Å². The summed E-state index contributed by atoms with van der Waals surface area (Å²) < 4.78 is 56.4. The second-order valence-electron chi connectivity index (χ2n) is 8.67. The number of nitrogens with zero attached hydrogens (tertiary/aromatic N) is 3. The van der Waals surface area contributed by atoms with Crippen molar-refractivity contribution in [2.45, 2.75) is 52.1 Å². The summed E-state index contributed by atoms with van der Waals surface area (Å²) in [5.41, 5.74) is 0.167. The Morgan fingerprint density at radius 2 is 1.83 bits per heavy atom. The normalized spacial score (nSPS) is 12.8.